The van der Waals surface area contributed by atoms with Crippen molar-refractivity contribution >= 4 is 17.5 Å². The van der Waals surface area contributed by atoms with E-state index in [0.717, 1.165) is 43.3 Å². The Kier molecular flexibility index (Phi) is 2.12. The highest BCUT2D eigenvalue weighted by Crippen LogP contribution is 2.76. The van der Waals surface area contributed by atoms with Gasteiger partial charge in [-0.3, -0.25) is 4.79 Å². The zero-order chi connectivity index (χ0) is 12.3. The van der Waals surface area contributed by atoms with Crippen LogP contribution in [0.5, 0.6) is 0 Å². The lowest BCUT2D eigenvalue weighted by atomic mass is 9.99. The Labute approximate surface area is 112 Å². The zero-order valence-corrected chi connectivity index (χ0v) is 11.0. The van der Waals surface area contributed by atoms with Gasteiger partial charge in [-0.25, -0.2) is 0 Å². The molecule has 3 heteroatoms. The number of hydrogen-bond donors (Lipinski definition) is 0. The normalized spacial score (nSPS) is 36.4. The second kappa shape index (κ2) is 3.51. The number of fused-ring (bicyclic) bond motifs is 1. The van der Waals surface area contributed by atoms with E-state index in [1.54, 1.807) is 0 Å². The van der Waals surface area contributed by atoms with Gasteiger partial charge in [0.15, 0.2) is 0 Å². The van der Waals surface area contributed by atoms with Crippen LogP contribution in [0.4, 0.5) is 0 Å². The Morgan fingerprint density at radius 1 is 1.28 bits per heavy atom. The fourth-order valence-electron chi connectivity index (χ4n) is 3.32. The Morgan fingerprint density at radius 2 is 1.94 bits per heavy atom. The third-order valence-electron chi connectivity index (χ3n) is 4.93. The van der Waals surface area contributed by atoms with E-state index in [4.69, 9.17) is 11.6 Å². The highest BCUT2D eigenvalue weighted by Gasteiger charge is 2.75. The first-order valence-corrected chi connectivity index (χ1v) is 7.12. The van der Waals surface area contributed by atoms with Crippen molar-refractivity contribution in [2.24, 2.45) is 11.3 Å². The first-order valence-electron chi connectivity index (χ1n) is 6.74. The van der Waals surface area contributed by atoms with E-state index in [2.05, 4.69) is 17.0 Å². The van der Waals surface area contributed by atoms with Crippen LogP contribution in [0, 0.1) is 11.3 Å². The molecule has 1 amide bonds. The predicted octanol–water partition coefficient (Wildman–Crippen LogP) is 3.07. The summed E-state index contributed by atoms with van der Waals surface area (Å²) in [5.41, 5.74) is 1.45. The summed E-state index contributed by atoms with van der Waals surface area (Å²) in [7, 11) is 0. The molecular formula is C15H16ClNO. The average Bonchev–Trinajstić information content (AvgIpc) is 3.16. The Morgan fingerprint density at radius 3 is 2.56 bits per heavy atom. The Hall–Kier alpha value is -1.02. The molecule has 0 spiro atoms. The van der Waals surface area contributed by atoms with Crippen LogP contribution < -0.4 is 0 Å². The van der Waals surface area contributed by atoms with Gasteiger partial charge in [0.05, 0.1) is 5.41 Å². The van der Waals surface area contributed by atoms with Crippen LogP contribution in [0.15, 0.2) is 24.3 Å². The number of nitrogens with zero attached hydrogens (tertiary/aromatic N) is 1. The van der Waals surface area contributed by atoms with Crippen molar-refractivity contribution in [1.29, 1.82) is 0 Å². The van der Waals surface area contributed by atoms with Crippen molar-refractivity contribution in [3.8, 4) is 0 Å². The number of benzene rings is 1. The SMILES string of the molecule is O=C(N1CCC(c2ccc(Cl)cc2)C1)C12CC1C2. The predicted molar refractivity (Wildman–Crippen MR) is 70.5 cm³/mol. The van der Waals surface area contributed by atoms with E-state index in [9.17, 15) is 4.79 Å². The van der Waals surface area contributed by atoms with Crippen LogP contribution in [-0.2, 0) is 4.79 Å². The topological polar surface area (TPSA) is 20.3 Å². The second-order valence-electron chi connectivity index (χ2n) is 6.05. The van der Waals surface area contributed by atoms with Gasteiger partial charge in [0.1, 0.15) is 0 Å². The molecule has 0 aromatic heterocycles. The second-order valence-corrected chi connectivity index (χ2v) is 6.49. The van der Waals surface area contributed by atoms with Crippen molar-refractivity contribution in [3.63, 3.8) is 0 Å². The highest BCUT2D eigenvalue weighted by atomic mass is 35.5. The molecule has 3 fully saturated rings. The lowest BCUT2D eigenvalue weighted by Gasteiger charge is -2.18. The maximum Gasteiger partial charge on any atom is 0.229 e. The molecule has 4 rings (SSSR count). The molecule has 18 heavy (non-hydrogen) atoms. The van der Waals surface area contributed by atoms with Gasteiger partial charge in [0, 0.05) is 24.0 Å². The molecule has 3 aliphatic rings. The molecule has 2 aliphatic carbocycles. The summed E-state index contributed by atoms with van der Waals surface area (Å²) >= 11 is 5.91. The maximum atomic E-state index is 12.3. The largest absolute Gasteiger partial charge is 0.342 e. The first-order chi connectivity index (χ1) is 8.69. The molecule has 1 aromatic rings. The van der Waals surface area contributed by atoms with Gasteiger partial charge in [-0.15, -0.1) is 0 Å². The molecule has 1 saturated heterocycles. The molecular weight excluding hydrogens is 246 g/mol. The van der Waals surface area contributed by atoms with Gasteiger partial charge in [-0.05, 0) is 42.9 Å². The van der Waals surface area contributed by atoms with Crippen molar-refractivity contribution in [1.82, 2.24) is 4.90 Å². The number of hydrogen-bond acceptors (Lipinski definition) is 1. The molecule has 1 aromatic carbocycles. The van der Waals surface area contributed by atoms with Crippen LogP contribution in [0.25, 0.3) is 0 Å². The fraction of sp³-hybridized carbons (Fsp3) is 0.533. The number of carbonyl (C=O) groups is 1. The lowest BCUT2D eigenvalue weighted by molar-refractivity contribution is -0.133. The van der Waals surface area contributed by atoms with Crippen molar-refractivity contribution < 1.29 is 4.79 Å². The van der Waals surface area contributed by atoms with Crippen LogP contribution in [0.3, 0.4) is 0 Å². The van der Waals surface area contributed by atoms with Gasteiger partial charge in [-0.2, -0.15) is 0 Å². The average molecular weight is 262 g/mol. The van der Waals surface area contributed by atoms with E-state index < -0.39 is 0 Å². The molecule has 1 atom stereocenters. The molecule has 2 nitrogen and oxygen atoms in total. The van der Waals surface area contributed by atoms with E-state index in [1.165, 1.54) is 5.56 Å². The number of halogens is 1. The lowest BCUT2D eigenvalue weighted by Crippen LogP contribution is -2.32. The number of carbonyl (C=O) groups excluding carboxylic acids is 1. The van der Waals surface area contributed by atoms with Gasteiger partial charge in [0.25, 0.3) is 0 Å². The number of likely N-dealkylation sites (tertiary alicyclic amines) is 1. The minimum atomic E-state index is 0.134. The molecule has 94 valence electrons. The van der Waals surface area contributed by atoms with E-state index in [0.29, 0.717) is 11.8 Å². The summed E-state index contributed by atoms with van der Waals surface area (Å²) in [6, 6.07) is 8.07. The molecule has 1 heterocycles. The van der Waals surface area contributed by atoms with E-state index in [-0.39, 0.29) is 5.41 Å². The molecule has 1 aliphatic heterocycles. The van der Waals surface area contributed by atoms with Crippen LogP contribution >= 0.6 is 11.6 Å². The quantitative estimate of drug-likeness (QED) is 0.801. The third kappa shape index (κ3) is 1.51. The Bertz CT molecular complexity index is 504. The molecule has 0 radical (unpaired) electrons. The minimum absolute atomic E-state index is 0.134. The first kappa shape index (κ1) is 10.9. The smallest absolute Gasteiger partial charge is 0.229 e. The summed E-state index contributed by atoms with van der Waals surface area (Å²) in [6.07, 6.45) is 3.41. The van der Waals surface area contributed by atoms with E-state index >= 15 is 0 Å². The van der Waals surface area contributed by atoms with Gasteiger partial charge in [0.2, 0.25) is 5.91 Å². The summed E-state index contributed by atoms with van der Waals surface area (Å²) < 4.78 is 0. The van der Waals surface area contributed by atoms with Crippen LogP contribution in [-0.4, -0.2) is 23.9 Å². The fourth-order valence-corrected chi connectivity index (χ4v) is 3.44. The highest BCUT2D eigenvalue weighted by molar-refractivity contribution is 6.30. The van der Waals surface area contributed by atoms with Gasteiger partial charge >= 0.3 is 0 Å². The monoisotopic (exact) mass is 261 g/mol. The summed E-state index contributed by atoms with van der Waals surface area (Å²) in [4.78, 5) is 14.4. The maximum absolute atomic E-state index is 12.3. The number of amides is 1. The van der Waals surface area contributed by atoms with Crippen LogP contribution in [0.2, 0.25) is 5.02 Å². The zero-order valence-electron chi connectivity index (χ0n) is 10.2. The minimum Gasteiger partial charge on any atom is -0.342 e. The van der Waals surface area contributed by atoms with Crippen molar-refractivity contribution in [2.75, 3.05) is 13.1 Å². The van der Waals surface area contributed by atoms with Gasteiger partial charge < -0.3 is 4.90 Å². The standard InChI is InChI=1S/C15H16ClNO/c16-13-3-1-10(2-4-13)11-5-6-17(9-11)14(18)15-7-12(15)8-15/h1-4,11-12H,5-9H2. The van der Waals surface area contributed by atoms with Crippen LogP contribution in [0.1, 0.15) is 30.7 Å². The molecule has 2 saturated carbocycles. The van der Waals surface area contributed by atoms with Gasteiger partial charge in [-0.1, -0.05) is 23.7 Å². The van der Waals surface area contributed by atoms with Crippen molar-refractivity contribution in [3.05, 3.63) is 34.9 Å². The summed E-state index contributed by atoms with van der Waals surface area (Å²) in [5.74, 6) is 1.68. The number of rotatable bonds is 2. The molecule has 1 unspecified atom stereocenters. The van der Waals surface area contributed by atoms with Crippen molar-refractivity contribution in [2.45, 2.75) is 25.2 Å². The third-order valence-corrected chi connectivity index (χ3v) is 5.18. The summed E-state index contributed by atoms with van der Waals surface area (Å²) in [6.45, 7) is 1.83. The van der Waals surface area contributed by atoms with E-state index in [1.807, 2.05) is 12.1 Å². The molecule has 0 bridgehead atoms. The molecule has 0 N–H and O–H groups in total. The Balaban J connectivity index is 1.46. The summed E-state index contributed by atoms with van der Waals surface area (Å²) in [5, 5.41) is 0.780.